The molecule has 0 bridgehead atoms. The van der Waals surface area contributed by atoms with Crippen LogP contribution in [0.2, 0.25) is 5.02 Å². The summed E-state index contributed by atoms with van der Waals surface area (Å²) in [5.74, 6) is 0. The minimum absolute atomic E-state index is 0.314. The van der Waals surface area contributed by atoms with Gasteiger partial charge >= 0.3 is 0 Å². The molecule has 0 spiro atoms. The Morgan fingerprint density at radius 1 is 0.957 bits per heavy atom. The van der Waals surface area contributed by atoms with Gasteiger partial charge in [0.05, 0.1) is 0 Å². The molecule has 122 valence electrons. The van der Waals surface area contributed by atoms with Crippen molar-refractivity contribution < 1.29 is 0 Å². The van der Waals surface area contributed by atoms with E-state index in [0.29, 0.717) is 6.04 Å². The van der Waals surface area contributed by atoms with E-state index < -0.39 is 0 Å². The lowest BCUT2D eigenvalue weighted by Gasteiger charge is -2.29. The van der Waals surface area contributed by atoms with Crippen LogP contribution >= 0.6 is 11.6 Å². The van der Waals surface area contributed by atoms with Crippen LogP contribution in [-0.4, -0.2) is 13.1 Å². The van der Waals surface area contributed by atoms with Gasteiger partial charge in [-0.2, -0.15) is 0 Å². The van der Waals surface area contributed by atoms with Crippen LogP contribution in [0.3, 0.4) is 0 Å². The van der Waals surface area contributed by atoms with Gasteiger partial charge in [0.2, 0.25) is 0 Å². The smallest absolute Gasteiger partial charge is 0.0406 e. The average Bonchev–Trinajstić information content (AvgIpc) is 2.61. The molecule has 23 heavy (non-hydrogen) atoms. The van der Waals surface area contributed by atoms with Gasteiger partial charge in [-0.15, -0.1) is 0 Å². The molecule has 2 aromatic carbocycles. The SMILES string of the molecule is CC(NCc1ccc(N2CCCCC2)cc1)c1ccc(Cl)cc1. The average molecular weight is 329 g/mol. The fourth-order valence-electron chi connectivity index (χ4n) is 3.12. The summed E-state index contributed by atoms with van der Waals surface area (Å²) in [5, 5.41) is 4.36. The molecule has 1 N–H and O–H groups in total. The predicted octanol–water partition coefficient (Wildman–Crippen LogP) is 5.18. The third-order valence-electron chi connectivity index (χ3n) is 4.64. The Balaban J connectivity index is 1.54. The number of nitrogens with one attached hydrogen (secondary N) is 1. The highest BCUT2D eigenvalue weighted by Crippen LogP contribution is 2.21. The number of anilines is 1. The van der Waals surface area contributed by atoms with Crippen molar-refractivity contribution in [2.24, 2.45) is 0 Å². The maximum absolute atomic E-state index is 5.94. The molecule has 3 rings (SSSR count). The first-order chi connectivity index (χ1) is 11.2. The largest absolute Gasteiger partial charge is 0.372 e. The summed E-state index contributed by atoms with van der Waals surface area (Å²) in [6.07, 6.45) is 4.02. The first-order valence-corrected chi connectivity index (χ1v) is 8.93. The Labute approximate surface area is 144 Å². The topological polar surface area (TPSA) is 15.3 Å². The lowest BCUT2D eigenvalue weighted by Crippen LogP contribution is -2.29. The van der Waals surface area contributed by atoms with Gasteiger partial charge in [0.1, 0.15) is 0 Å². The van der Waals surface area contributed by atoms with Crippen LogP contribution < -0.4 is 10.2 Å². The van der Waals surface area contributed by atoms with Crippen LogP contribution in [0, 0.1) is 0 Å². The molecule has 1 heterocycles. The zero-order valence-corrected chi connectivity index (χ0v) is 14.5. The summed E-state index contributed by atoms with van der Waals surface area (Å²) in [6.45, 7) is 5.46. The Bertz CT molecular complexity index is 601. The molecule has 1 aliphatic rings. The van der Waals surface area contributed by atoms with Crippen LogP contribution in [0.15, 0.2) is 48.5 Å². The van der Waals surface area contributed by atoms with Crippen LogP contribution in [-0.2, 0) is 6.54 Å². The summed E-state index contributed by atoms with van der Waals surface area (Å²) in [7, 11) is 0. The molecule has 2 nitrogen and oxygen atoms in total. The van der Waals surface area contributed by atoms with E-state index in [4.69, 9.17) is 11.6 Å². The Morgan fingerprint density at radius 3 is 2.26 bits per heavy atom. The van der Waals surface area contributed by atoms with Gasteiger partial charge in [0, 0.05) is 36.4 Å². The number of rotatable bonds is 5. The minimum atomic E-state index is 0.314. The molecule has 3 heteroatoms. The molecule has 0 amide bonds. The lowest BCUT2D eigenvalue weighted by atomic mass is 10.1. The van der Waals surface area contributed by atoms with Gasteiger partial charge < -0.3 is 10.2 Å². The van der Waals surface area contributed by atoms with Gasteiger partial charge in [-0.25, -0.2) is 0 Å². The van der Waals surface area contributed by atoms with Crippen molar-refractivity contribution in [1.82, 2.24) is 5.32 Å². The molecule has 1 unspecified atom stereocenters. The van der Waals surface area contributed by atoms with E-state index >= 15 is 0 Å². The van der Waals surface area contributed by atoms with Crippen LogP contribution in [0.1, 0.15) is 43.4 Å². The first-order valence-electron chi connectivity index (χ1n) is 8.55. The van der Waals surface area contributed by atoms with Crippen molar-refractivity contribution in [2.75, 3.05) is 18.0 Å². The molecular weight excluding hydrogens is 304 g/mol. The Hall–Kier alpha value is -1.51. The van der Waals surface area contributed by atoms with E-state index in [1.165, 1.54) is 49.2 Å². The third kappa shape index (κ3) is 4.49. The van der Waals surface area contributed by atoms with E-state index in [1.807, 2.05) is 12.1 Å². The van der Waals surface area contributed by atoms with Crippen LogP contribution in [0.4, 0.5) is 5.69 Å². The predicted molar refractivity (Wildman–Crippen MR) is 99.2 cm³/mol. The number of nitrogens with zero attached hydrogens (tertiary/aromatic N) is 1. The Morgan fingerprint density at radius 2 is 1.61 bits per heavy atom. The quantitative estimate of drug-likeness (QED) is 0.813. The van der Waals surface area contributed by atoms with Gasteiger partial charge in [0.25, 0.3) is 0 Å². The molecule has 1 atom stereocenters. The second-order valence-corrected chi connectivity index (χ2v) is 6.80. The van der Waals surface area contributed by atoms with Gasteiger partial charge in [-0.05, 0) is 61.6 Å². The minimum Gasteiger partial charge on any atom is -0.372 e. The van der Waals surface area contributed by atoms with Crippen molar-refractivity contribution in [3.63, 3.8) is 0 Å². The van der Waals surface area contributed by atoms with Crippen LogP contribution in [0.25, 0.3) is 0 Å². The molecule has 1 fully saturated rings. The highest BCUT2D eigenvalue weighted by atomic mass is 35.5. The second-order valence-electron chi connectivity index (χ2n) is 6.37. The van der Waals surface area contributed by atoms with Gasteiger partial charge in [0.15, 0.2) is 0 Å². The summed E-state index contributed by atoms with van der Waals surface area (Å²) < 4.78 is 0. The van der Waals surface area contributed by atoms with Crippen molar-refractivity contribution in [3.05, 3.63) is 64.7 Å². The van der Waals surface area contributed by atoms with Crippen molar-refractivity contribution in [2.45, 2.75) is 38.8 Å². The van der Waals surface area contributed by atoms with Gasteiger partial charge in [-0.3, -0.25) is 0 Å². The van der Waals surface area contributed by atoms with Crippen molar-refractivity contribution in [1.29, 1.82) is 0 Å². The summed E-state index contributed by atoms with van der Waals surface area (Å²) in [5.41, 5.74) is 3.95. The number of piperidine rings is 1. The molecule has 0 aromatic heterocycles. The zero-order chi connectivity index (χ0) is 16.1. The second kappa shape index (κ2) is 7.85. The summed E-state index contributed by atoms with van der Waals surface area (Å²) in [6, 6.07) is 17.4. The molecule has 0 radical (unpaired) electrons. The van der Waals surface area contributed by atoms with E-state index in [2.05, 4.69) is 53.5 Å². The molecule has 0 saturated carbocycles. The van der Waals surface area contributed by atoms with E-state index in [0.717, 1.165) is 11.6 Å². The van der Waals surface area contributed by atoms with Crippen LogP contribution in [0.5, 0.6) is 0 Å². The fourth-order valence-corrected chi connectivity index (χ4v) is 3.24. The van der Waals surface area contributed by atoms with Crippen molar-refractivity contribution >= 4 is 17.3 Å². The maximum atomic E-state index is 5.94. The summed E-state index contributed by atoms with van der Waals surface area (Å²) in [4.78, 5) is 2.50. The lowest BCUT2D eigenvalue weighted by molar-refractivity contribution is 0.572. The molecular formula is C20H25ClN2. The highest BCUT2D eigenvalue weighted by Gasteiger charge is 2.10. The van der Waals surface area contributed by atoms with E-state index in [9.17, 15) is 0 Å². The fraction of sp³-hybridized carbons (Fsp3) is 0.400. The third-order valence-corrected chi connectivity index (χ3v) is 4.89. The van der Waals surface area contributed by atoms with Crippen molar-refractivity contribution in [3.8, 4) is 0 Å². The van der Waals surface area contributed by atoms with E-state index in [-0.39, 0.29) is 0 Å². The highest BCUT2D eigenvalue weighted by molar-refractivity contribution is 6.30. The molecule has 2 aromatic rings. The zero-order valence-electron chi connectivity index (χ0n) is 13.8. The molecule has 0 aliphatic carbocycles. The van der Waals surface area contributed by atoms with Gasteiger partial charge in [-0.1, -0.05) is 35.9 Å². The monoisotopic (exact) mass is 328 g/mol. The van der Waals surface area contributed by atoms with E-state index in [1.54, 1.807) is 0 Å². The number of hydrogen-bond acceptors (Lipinski definition) is 2. The number of halogens is 1. The number of benzene rings is 2. The number of hydrogen-bond donors (Lipinski definition) is 1. The summed E-state index contributed by atoms with van der Waals surface area (Å²) >= 11 is 5.94. The molecule has 1 saturated heterocycles. The molecule has 1 aliphatic heterocycles. The Kier molecular flexibility index (Phi) is 5.58. The first kappa shape index (κ1) is 16.4. The maximum Gasteiger partial charge on any atom is 0.0406 e. The standard InChI is InChI=1S/C20H25ClN2/c1-16(18-7-9-19(21)10-8-18)22-15-17-5-11-20(12-6-17)23-13-3-2-4-14-23/h5-12,16,22H,2-4,13-15H2,1H3. The normalized spacial score (nSPS) is 16.3.